The molecule has 0 aromatic rings. The van der Waals surface area contributed by atoms with Gasteiger partial charge in [0.15, 0.2) is 5.83 Å². The molecule has 0 spiro atoms. The summed E-state index contributed by atoms with van der Waals surface area (Å²) in [6, 6.07) is 0. The molecule has 0 amide bonds. The van der Waals surface area contributed by atoms with Crippen LogP contribution in [-0.4, -0.2) is 11.4 Å². The standard InChI is InChI=1S/C20H19F2PS/c21-18-11-9-16(12-19(23)20(18)22)15-6-4-14(5-7-15)13-2-1-3-17(24)10-8-13/h4,6,12-13,17-18,24H,1-3,8,10,23H2. The number of hydrogen-bond acceptors (Lipinski definition) is 1. The van der Waals surface area contributed by atoms with Crippen LogP contribution >= 0.6 is 21.9 Å². The second-order valence-electron chi connectivity index (χ2n) is 6.30. The van der Waals surface area contributed by atoms with E-state index in [1.807, 2.05) is 12.2 Å². The minimum atomic E-state index is -1.87. The van der Waals surface area contributed by atoms with Gasteiger partial charge in [-0.15, -0.1) is 9.24 Å². The molecule has 3 aliphatic rings. The highest BCUT2D eigenvalue weighted by atomic mass is 32.1. The van der Waals surface area contributed by atoms with Gasteiger partial charge in [-0.3, -0.25) is 0 Å². The second kappa shape index (κ2) is 7.74. The molecular formula is C20H19F2PS. The normalized spacial score (nSPS) is 29.8. The largest absolute Gasteiger partial charge is 0.225 e. The van der Waals surface area contributed by atoms with E-state index in [1.54, 1.807) is 6.08 Å². The van der Waals surface area contributed by atoms with Crippen LogP contribution in [-0.2, 0) is 0 Å². The summed E-state index contributed by atoms with van der Waals surface area (Å²) >= 11 is 4.59. The Morgan fingerprint density at radius 2 is 1.96 bits per heavy atom. The van der Waals surface area contributed by atoms with Crippen molar-refractivity contribution in [2.45, 2.75) is 43.5 Å². The maximum Gasteiger partial charge on any atom is 0.212 e. The molecule has 0 aliphatic heterocycles. The molecule has 3 rings (SSSR count). The zero-order valence-electron chi connectivity index (χ0n) is 13.3. The Morgan fingerprint density at radius 3 is 2.71 bits per heavy atom. The van der Waals surface area contributed by atoms with E-state index in [-0.39, 0.29) is 5.31 Å². The van der Waals surface area contributed by atoms with E-state index >= 15 is 0 Å². The van der Waals surface area contributed by atoms with Crippen molar-refractivity contribution in [1.29, 1.82) is 0 Å². The Kier molecular flexibility index (Phi) is 5.65. The summed E-state index contributed by atoms with van der Waals surface area (Å²) in [6.45, 7) is 0. The highest BCUT2D eigenvalue weighted by Gasteiger charge is 2.20. The summed E-state index contributed by atoms with van der Waals surface area (Å²) in [6.07, 6.45) is 9.38. The van der Waals surface area contributed by atoms with Crippen molar-refractivity contribution < 1.29 is 8.78 Å². The first-order valence-corrected chi connectivity index (χ1v) is 9.28. The third-order valence-corrected chi connectivity index (χ3v) is 5.53. The first-order chi connectivity index (χ1) is 11.5. The minimum Gasteiger partial charge on any atom is -0.225 e. The lowest BCUT2D eigenvalue weighted by molar-refractivity contribution is 0.392. The number of halogens is 2. The zero-order valence-corrected chi connectivity index (χ0v) is 15.3. The Labute approximate surface area is 149 Å². The minimum absolute atomic E-state index is 0.177. The van der Waals surface area contributed by atoms with Crippen molar-refractivity contribution in [1.82, 2.24) is 0 Å². The van der Waals surface area contributed by atoms with Gasteiger partial charge in [0.2, 0.25) is 6.17 Å². The lowest BCUT2D eigenvalue weighted by Crippen LogP contribution is -2.02. The molecule has 4 heteroatoms. The van der Waals surface area contributed by atoms with E-state index in [0.29, 0.717) is 22.3 Å². The molecule has 1 saturated carbocycles. The second-order valence-corrected chi connectivity index (χ2v) is 7.66. The fourth-order valence-corrected chi connectivity index (χ4v) is 3.79. The SMILES string of the molecule is FC1=C(P)C=C(C2=C=C=C(C3CCCC(S)CC3)C=C2)C#CC1F. The molecule has 124 valence electrons. The van der Waals surface area contributed by atoms with Crippen LogP contribution in [0.1, 0.15) is 32.1 Å². The number of allylic oxidation sites excluding steroid dienone is 8. The fourth-order valence-electron chi connectivity index (χ4n) is 3.14. The molecule has 4 atom stereocenters. The molecule has 4 unspecified atom stereocenters. The van der Waals surface area contributed by atoms with Gasteiger partial charge in [0.1, 0.15) is 0 Å². The zero-order chi connectivity index (χ0) is 17.1. The van der Waals surface area contributed by atoms with Crippen molar-refractivity contribution >= 4 is 21.9 Å². The number of alkyl halides is 1. The Balaban J connectivity index is 1.89. The lowest BCUT2D eigenvalue weighted by atomic mass is 9.89. The van der Waals surface area contributed by atoms with Crippen LogP contribution in [0.15, 0.2) is 57.6 Å². The summed E-state index contributed by atoms with van der Waals surface area (Å²) in [5.74, 6) is 4.64. The first-order valence-electron chi connectivity index (χ1n) is 8.19. The molecule has 0 aromatic heterocycles. The summed E-state index contributed by atoms with van der Waals surface area (Å²) in [4.78, 5) is 0. The third-order valence-electron chi connectivity index (χ3n) is 4.57. The highest BCUT2D eigenvalue weighted by molar-refractivity contribution is 7.80. The first kappa shape index (κ1) is 17.5. The van der Waals surface area contributed by atoms with Crippen LogP contribution in [0.3, 0.4) is 0 Å². The van der Waals surface area contributed by atoms with Crippen LogP contribution < -0.4 is 0 Å². The van der Waals surface area contributed by atoms with Gasteiger partial charge in [0.05, 0.1) is 0 Å². The summed E-state index contributed by atoms with van der Waals surface area (Å²) in [5, 5.41) is 0.677. The maximum absolute atomic E-state index is 13.6. The van der Waals surface area contributed by atoms with Gasteiger partial charge in [-0.2, -0.15) is 12.6 Å². The van der Waals surface area contributed by atoms with E-state index in [2.05, 4.69) is 45.2 Å². The molecule has 0 bridgehead atoms. The van der Waals surface area contributed by atoms with Gasteiger partial charge in [0, 0.05) is 27.3 Å². The maximum atomic E-state index is 13.6. The number of hydrogen-bond donors (Lipinski definition) is 1. The van der Waals surface area contributed by atoms with Crippen molar-refractivity contribution in [2.75, 3.05) is 0 Å². The lowest BCUT2D eigenvalue weighted by Gasteiger charge is -2.14. The van der Waals surface area contributed by atoms with Crippen molar-refractivity contribution in [3.8, 4) is 11.8 Å². The number of thiol groups is 1. The monoisotopic (exact) mass is 360 g/mol. The van der Waals surface area contributed by atoms with Crippen LogP contribution in [0, 0.1) is 17.8 Å². The molecule has 0 heterocycles. The van der Waals surface area contributed by atoms with E-state index in [0.717, 1.165) is 24.8 Å². The molecule has 0 nitrogen and oxygen atoms in total. The predicted molar refractivity (Wildman–Crippen MR) is 101 cm³/mol. The van der Waals surface area contributed by atoms with Crippen LogP contribution in [0.2, 0.25) is 0 Å². The summed E-state index contributed by atoms with van der Waals surface area (Å²) in [7, 11) is 2.22. The highest BCUT2D eigenvalue weighted by Crippen LogP contribution is 2.32. The molecule has 3 aliphatic carbocycles. The predicted octanol–water partition coefficient (Wildman–Crippen LogP) is 5.38. The average Bonchev–Trinajstić information content (AvgIpc) is 2.88. The molecule has 1 fully saturated rings. The van der Waals surface area contributed by atoms with Gasteiger partial charge in [-0.1, -0.05) is 29.7 Å². The molecule has 0 aromatic carbocycles. The van der Waals surface area contributed by atoms with E-state index in [9.17, 15) is 8.78 Å². The Bertz CT molecular complexity index is 793. The quantitative estimate of drug-likeness (QED) is 0.221. The van der Waals surface area contributed by atoms with Gasteiger partial charge < -0.3 is 0 Å². The topological polar surface area (TPSA) is 0 Å². The van der Waals surface area contributed by atoms with Crippen molar-refractivity contribution in [3.63, 3.8) is 0 Å². The molecule has 0 radical (unpaired) electrons. The number of rotatable bonds is 2. The van der Waals surface area contributed by atoms with Gasteiger partial charge in [-0.05, 0) is 49.8 Å². The van der Waals surface area contributed by atoms with Crippen molar-refractivity contribution in [2.24, 2.45) is 5.92 Å². The average molecular weight is 360 g/mol. The van der Waals surface area contributed by atoms with Gasteiger partial charge >= 0.3 is 0 Å². The van der Waals surface area contributed by atoms with E-state index in [4.69, 9.17) is 0 Å². The summed E-state index contributed by atoms with van der Waals surface area (Å²) in [5.41, 5.74) is 8.79. The molecule has 24 heavy (non-hydrogen) atoms. The molecular weight excluding hydrogens is 341 g/mol. The Hall–Kier alpha value is -1.28. The van der Waals surface area contributed by atoms with Crippen LogP contribution in [0.4, 0.5) is 8.78 Å². The fraction of sp³-hybridized carbons (Fsp3) is 0.400. The third kappa shape index (κ3) is 4.03. The summed E-state index contributed by atoms with van der Waals surface area (Å²) < 4.78 is 27.1. The van der Waals surface area contributed by atoms with E-state index < -0.39 is 12.0 Å². The van der Waals surface area contributed by atoms with Crippen molar-refractivity contribution in [3.05, 3.63) is 57.6 Å². The smallest absolute Gasteiger partial charge is 0.212 e. The Morgan fingerprint density at radius 1 is 1.12 bits per heavy atom. The van der Waals surface area contributed by atoms with Crippen LogP contribution in [0.5, 0.6) is 0 Å². The molecule has 0 N–H and O–H groups in total. The van der Waals surface area contributed by atoms with Gasteiger partial charge in [0.25, 0.3) is 0 Å². The van der Waals surface area contributed by atoms with Crippen LogP contribution in [0.25, 0.3) is 0 Å². The molecule has 0 saturated heterocycles. The van der Waals surface area contributed by atoms with Gasteiger partial charge in [-0.25, -0.2) is 8.78 Å². The van der Waals surface area contributed by atoms with E-state index in [1.165, 1.54) is 12.8 Å².